The lowest BCUT2D eigenvalue weighted by atomic mass is 10.1. The normalized spacial score (nSPS) is 12.2. The van der Waals surface area contributed by atoms with E-state index in [1.807, 2.05) is 0 Å². The SMILES string of the molecule is CC(O)CNc1nc(Oc2ccc(F)cc2F)nc2[nH]nc(-c3cc(Cl)ccc3Cl)c12. The van der Waals surface area contributed by atoms with Gasteiger partial charge in [-0.15, -0.1) is 0 Å². The zero-order valence-electron chi connectivity index (χ0n) is 16.0. The molecule has 3 N–H and O–H groups in total. The second kappa shape index (κ2) is 8.62. The van der Waals surface area contributed by atoms with E-state index in [1.54, 1.807) is 25.1 Å². The van der Waals surface area contributed by atoms with Gasteiger partial charge in [-0.1, -0.05) is 23.2 Å². The molecule has 1 atom stereocenters. The van der Waals surface area contributed by atoms with Crippen molar-refractivity contribution in [2.24, 2.45) is 0 Å². The van der Waals surface area contributed by atoms with E-state index in [1.165, 1.54) is 0 Å². The van der Waals surface area contributed by atoms with E-state index >= 15 is 0 Å². The summed E-state index contributed by atoms with van der Waals surface area (Å²) < 4.78 is 32.6. The van der Waals surface area contributed by atoms with Crippen LogP contribution in [0.15, 0.2) is 36.4 Å². The van der Waals surface area contributed by atoms with Crippen molar-refractivity contribution in [2.45, 2.75) is 13.0 Å². The van der Waals surface area contributed by atoms with Gasteiger partial charge >= 0.3 is 6.01 Å². The van der Waals surface area contributed by atoms with E-state index in [2.05, 4.69) is 25.5 Å². The monoisotopic (exact) mass is 465 g/mol. The van der Waals surface area contributed by atoms with Crippen LogP contribution in [0.2, 0.25) is 10.0 Å². The number of aromatic nitrogens is 4. The summed E-state index contributed by atoms with van der Waals surface area (Å²) in [5, 5.41) is 21.1. The molecule has 2 aromatic carbocycles. The third-order valence-corrected chi connectivity index (χ3v) is 4.81. The second-order valence-electron chi connectivity index (χ2n) is 6.68. The topological polar surface area (TPSA) is 96.0 Å². The lowest BCUT2D eigenvalue weighted by Gasteiger charge is -2.12. The van der Waals surface area contributed by atoms with Crippen molar-refractivity contribution in [3.05, 3.63) is 58.1 Å². The molecule has 0 amide bonds. The van der Waals surface area contributed by atoms with Crippen LogP contribution in [0.25, 0.3) is 22.3 Å². The molecule has 7 nitrogen and oxygen atoms in total. The Labute approximate surface area is 185 Å². The number of anilines is 1. The molecule has 0 aliphatic rings. The van der Waals surface area contributed by atoms with Crippen LogP contribution in [0.3, 0.4) is 0 Å². The van der Waals surface area contributed by atoms with Gasteiger partial charge in [-0.3, -0.25) is 5.10 Å². The number of hydrogen-bond donors (Lipinski definition) is 3. The van der Waals surface area contributed by atoms with Gasteiger partial charge in [0.05, 0.1) is 16.5 Å². The number of nitrogens with one attached hydrogen (secondary N) is 2. The number of aliphatic hydroxyl groups excluding tert-OH is 1. The van der Waals surface area contributed by atoms with Crippen molar-refractivity contribution in [2.75, 3.05) is 11.9 Å². The summed E-state index contributed by atoms with van der Waals surface area (Å²) in [6, 6.07) is 7.60. The van der Waals surface area contributed by atoms with Gasteiger partial charge in [-0.25, -0.2) is 8.78 Å². The Kier molecular flexibility index (Phi) is 5.90. The Morgan fingerprint density at radius 3 is 2.71 bits per heavy atom. The van der Waals surface area contributed by atoms with Crippen LogP contribution in [0.1, 0.15) is 6.92 Å². The number of rotatable bonds is 6. The number of halogens is 4. The van der Waals surface area contributed by atoms with Gasteiger partial charge in [0, 0.05) is 23.2 Å². The summed E-state index contributed by atoms with van der Waals surface area (Å²) in [4.78, 5) is 8.52. The molecule has 4 rings (SSSR count). The summed E-state index contributed by atoms with van der Waals surface area (Å²) in [6.07, 6.45) is -0.686. The van der Waals surface area contributed by atoms with Gasteiger partial charge in [-0.05, 0) is 37.3 Å². The first kappa shape index (κ1) is 21.2. The van der Waals surface area contributed by atoms with E-state index in [9.17, 15) is 13.9 Å². The largest absolute Gasteiger partial charge is 0.421 e. The number of hydrogen-bond acceptors (Lipinski definition) is 6. The molecule has 2 heterocycles. The highest BCUT2D eigenvalue weighted by atomic mass is 35.5. The molecule has 11 heteroatoms. The summed E-state index contributed by atoms with van der Waals surface area (Å²) in [7, 11) is 0. The lowest BCUT2D eigenvalue weighted by molar-refractivity contribution is 0.208. The van der Waals surface area contributed by atoms with E-state index in [0.29, 0.717) is 32.8 Å². The Hall–Kier alpha value is -3.01. The zero-order chi connectivity index (χ0) is 22.1. The average molecular weight is 466 g/mol. The van der Waals surface area contributed by atoms with Gasteiger partial charge in [-0.2, -0.15) is 15.1 Å². The van der Waals surface area contributed by atoms with Gasteiger partial charge in [0.25, 0.3) is 0 Å². The molecule has 31 heavy (non-hydrogen) atoms. The molecule has 0 spiro atoms. The molecular weight excluding hydrogens is 451 g/mol. The highest BCUT2D eigenvalue weighted by Crippen LogP contribution is 2.37. The van der Waals surface area contributed by atoms with Crippen molar-refractivity contribution in [1.82, 2.24) is 20.2 Å². The average Bonchev–Trinajstić information content (AvgIpc) is 3.14. The van der Waals surface area contributed by atoms with Crippen LogP contribution in [0.5, 0.6) is 11.8 Å². The first-order valence-electron chi connectivity index (χ1n) is 9.08. The molecule has 4 aromatic rings. The number of aromatic amines is 1. The third kappa shape index (κ3) is 4.53. The molecule has 1 unspecified atom stereocenters. The van der Waals surface area contributed by atoms with Crippen molar-refractivity contribution in [3.63, 3.8) is 0 Å². The Balaban J connectivity index is 1.83. The van der Waals surface area contributed by atoms with E-state index in [4.69, 9.17) is 27.9 Å². The number of fused-ring (bicyclic) bond motifs is 1. The molecule has 2 aromatic heterocycles. The fraction of sp³-hybridized carbons (Fsp3) is 0.150. The summed E-state index contributed by atoms with van der Waals surface area (Å²) >= 11 is 12.4. The fourth-order valence-corrected chi connectivity index (χ4v) is 3.24. The Morgan fingerprint density at radius 1 is 1.16 bits per heavy atom. The van der Waals surface area contributed by atoms with Gasteiger partial charge in [0.15, 0.2) is 17.2 Å². The highest BCUT2D eigenvalue weighted by molar-refractivity contribution is 6.35. The van der Waals surface area contributed by atoms with Crippen LogP contribution < -0.4 is 10.1 Å². The van der Waals surface area contributed by atoms with Crippen LogP contribution in [0.4, 0.5) is 14.6 Å². The summed E-state index contributed by atoms with van der Waals surface area (Å²) in [5.74, 6) is -1.63. The van der Waals surface area contributed by atoms with Crippen LogP contribution in [-0.2, 0) is 0 Å². The fourth-order valence-electron chi connectivity index (χ4n) is 2.86. The molecule has 0 saturated heterocycles. The van der Waals surface area contributed by atoms with Gasteiger partial charge in [0.2, 0.25) is 0 Å². The standard InChI is InChI=1S/C20H15Cl2F2N5O2/c1-9(30)8-25-18-16-17(12-6-10(21)2-4-13(12)22)28-29-19(16)27-20(26-18)31-15-5-3-11(23)7-14(15)24/h2-7,9,30H,8H2,1H3,(H2,25,26,27,28,29). The predicted octanol–water partition coefficient (Wildman–Crippen LogP) is 5.19. The summed E-state index contributed by atoms with van der Waals surface area (Å²) in [5.41, 5.74) is 1.24. The maximum absolute atomic E-state index is 14.0. The molecule has 0 radical (unpaired) electrons. The zero-order valence-corrected chi connectivity index (χ0v) is 17.5. The second-order valence-corrected chi connectivity index (χ2v) is 7.53. The maximum Gasteiger partial charge on any atom is 0.326 e. The molecule has 0 bridgehead atoms. The van der Waals surface area contributed by atoms with Crippen molar-refractivity contribution in [3.8, 4) is 23.0 Å². The first-order valence-corrected chi connectivity index (χ1v) is 9.84. The number of benzene rings is 2. The van der Waals surface area contributed by atoms with Crippen molar-refractivity contribution >= 4 is 40.1 Å². The van der Waals surface area contributed by atoms with E-state index in [0.717, 1.165) is 12.1 Å². The molecule has 0 aliphatic heterocycles. The first-order chi connectivity index (χ1) is 14.8. The highest BCUT2D eigenvalue weighted by Gasteiger charge is 2.20. The minimum atomic E-state index is -0.904. The quantitative estimate of drug-likeness (QED) is 0.362. The molecule has 0 saturated carbocycles. The smallest absolute Gasteiger partial charge is 0.326 e. The minimum absolute atomic E-state index is 0.157. The van der Waals surface area contributed by atoms with Crippen LogP contribution in [0, 0.1) is 11.6 Å². The number of aliphatic hydroxyl groups is 1. The minimum Gasteiger partial charge on any atom is -0.421 e. The van der Waals surface area contributed by atoms with Crippen LogP contribution >= 0.6 is 23.2 Å². The van der Waals surface area contributed by atoms with Crippen LogP contribution in [-0.4, -0.2) is 37.9 Å². The van der Waals surface area contributed by atoms with Gasteiger partial charge in [0.1, 0.15) is 17.3 Å². The maximum atomic E-state index is 14.0. The summed E-state index contributed by atoms with van der Waals surface area (Å²) in [6.45, 7) is 1.76. The third-order valence-electron chi connectivity index (χ3n) is 4.24. The number of H-pyrrole nitrogens is 1. The number of ether oxygens (including phenoxy) is 1. The van der Waals surface area contributed by atoms with Crippen molar-refractivity contribution < 1.29 is 18.6 Å². The molecule has 0 fully saturated rings. The Morgan fingerprint density at radius 2 is 1.97 bits per heavy atom. The molecular formula is C20H15Cl2F2N5O2. The lowest BCUT2D eigenvalue weighted by Crippen LogP contribution is -2.16. The van der Waals surface area contributed by atoms with E-state index < -0.39 is 17.7 Å². The number of nitrogens with zero attached hydrogens (tertiary/aromatic N) is 3. The van der Waals surface area contributed by atoms with Crippen molar-refractivity contribution in [1.29, 1.82) is 0 Å². The predicted molar refractivity (Wildman–Crippen MR) is 114 cm³/mol. The Bertz CT molecular complexity index is 1270. The molecule has 0 aliphatic carbocycles. The van der Waals surface area contributed by atoms with Gasteiger partial charge < -0.3 is 15.2 Å². The molecule has 160 valence electrons. The van der Waals surface area contributed by atoms with E-state index in [-0.39, 0.29) is 29.8 Å².